The fraction of sp³-hybridized carbons (Fsp3) is 0.235. The molecule has 3 aromatic rings. The molecule has 0 aliphatic rings. The average molecular weight is 308 g/mol. The molecule has 5 heteroatoms. The van der Waals surface area contributed by atoms with E-state index in [0.717, 1.165) is 33.2 Å². The van der Waals surface area contributed by atoms with Crippen molar-refractivity contribution in [1.29, 1.82) is 5.26 Å². The molecule has 3 aromatic heterocycles. The van der Waals surface area contributed by atoms with Gasteiger partial charge in [0.15, 0.2) is 0 Å². The SMILES string of the molecule is Cc1cc(C)c(C#N)c(SCc2cn3cccc(C)c3n2)n1. The van der Waals surface area contributed by atoms with Crippen LogP contribution >= 0.6 is 11.8 Å². The van der Waals surface area contributed by atoms with Gasteiger partial charge in [0.05, 0.1) is 11.3 Å². The van der Waals surface area contributed by atoms with E-state index < -0.39 is 0 Å². The molecule has 0 radical (unpaired) electrons. The highest BCUT2D eigenvalue weighted by Crippen LogP contribution is 2.26. The highest BCUT2D eigenvalue weighted by atomic mass is 32.2. The predicted molar refractivity (Wildman–Crippen MR) is 87.9 cm³/mol. The summed E-state index contributed by atoms with van der Waals surface area (Å²) in [6.07, 6.45) is 4.03. The zero-order valence-corrected chi connectivity index (χ0v) is 13.6. The summed E-state index contributed by atoms with van der Waals surface area (Å²) in [7, 11) is 0. The van der Waals surface area contributed by atoms with E-state index in [1.807, 2.05) is 42.8 Å². The van der Waals surface area contributed by atoms with Crippen molar-refractivity contribution in [2.75, 3.05) is 0 Å². The maximum atomic E-state index is 9.32. The number of aromatic nitrogens is 3. The van der Waals surface area contributed by atoms with Gasteiger partial charge in [-0.1, -0.05) is 17.8 Å². The third kappa shape index (κ3) is 2.70. The number of hydrogen-bond donors (Lipinski definition) is 0. The lowest BCUT2D eigenvalue weighted by Crippen LogP contribution is -1.94. The van der Waals surface area contributed by atoms with Gasteiger partial charge in [-0.3, -0.25) is 0 Å². The van der Waals surface area contributed by atoms with Crippen molar-refractivity contribution >= 4 is 17.4 Å². The summed E-state index contributed by atoms with van der Waals surface area (Å²) in [6, 6.07) is 8.26. The Labute approximate surface area is 133 Å². The van der Waals surface area contributed by atoms with Gasteiger partial charge >= 0.3 is 0 Å². The molecule has 0 aliphatic carbocycles. The van der Waals surface area contributed by atoms with Crippen LogP contribution < -0.4 is 0 Å². The number of rotatable bonds is 3. The first-order valence-corrected chi connectivity index (χ1v) is 8.01. The quantitative estimate of drug-likeness (QED) is 0.690. The van der Waals surface area contributed by atoms with Gasteiger partial charge in [0.1, 0.15) is 16.7 Å². The van der Waals surface area contributed by atoms with Crippen LogP contribution in [0, 0.1) is 32.1 Å². The molecule has 0 spiro atoms. The Hall–Kier alpha value is -2.32. The van der Waals surface area contributed by atoms with Gasteiger partial charge in [0, 0.05) is 23.8 Å². The zero-order valence-electron chi connectivity index (χ0n) is 12.8. The Bertz CT molecular complexity index is 890. The first kappa shape index (κ1) is 14.6. The summed E-state index contributed by atoms with van der Waals surface area (Å²) in [5.74, 6) is 0.700. The van der Waals surface area contributed by atoms with Crippen LogP contribution in [0.25, 0.3) is 5.65 Å². The van der Waals surface area contributed by atoms with E-state index in [-0.39, 0.29) is 0 Å². The van der Waals surface area contributed by atoms with Crippen molar-refractivity contribution in [3.8, 4) is 6.07 Å². The lowest BCUT2D eigenvalue weighted by atomic mass is 10.1. The van der Waals surface area contributed by atoms with Gasteiger partial charge in [-0.05, 0) is 44.0 Å². The molecule has 110 valence electrons. The molecular formula is C17H16N4S. The fourth-order valence-corrected chi connectivity index (χ4v) is 3.44. The van der Waals surface area contributed by atoms with E-state index in [0.29, 0.717) is 11.3 Å². The van der Waals surface area contributed by atoms with Crippen LogP contribution in [-0.2, 0) is 5.75 Å². The van der Waals surface area contributed by atoms with Gasteiger partial charge in [-0.15, -0.1) is 0 Å². The summed E-state index contributed by atoms with van der Waals surface area (Å²) < 4.78 is 2.03. The summed E-state index contributed by atoms with van der Waals surface area (Å²) in [4.78, 5) is 9.16. The Balaban J connectivity index is 1.88. The molecule has 0 unspecified atom stereocenters. The van der Waals surface area contributed by atoms with Gasteiger partial charge in [0.25, 0.3) is 0 Å². The average Bonchev–Trinajstić information content (AvgIpc) is 2.89. The topological polar surface area (TPSA) is 54.0 Å². The number of imidazole rings is 1. The van der Waals surface area contributed by atoms with Gasteiger partial charge in [-0.2, -0.15) is 5.26 Å². The Morgan fingerprint density at radius 3 is 2.77 bits per heavy atom. The van der Waals surface area contributed by atoms with Crippen molar-refractivity contribution < 1.29 is 0 Å². The molecular weight excluding hydrogens is 292 g/mol. The van der Waals surface area contributed by atoms with Crippen molar-refractivity contribution in [2.45, 2.75) is 31.6 Å². The Morgan fingerprint density at radius 1 is 1.23 bits per heavy atom. The van der Waals surface area contributed by atoms with Gasteiger partial charge in [-0.25, -0.2) is 9.97 Å². The molecule has 22 heavy (non-hydrogen) atoms. The molecule has 0 bridgehead atoms. The largest absolute Gasteiger partial charge is 0.307 e. The second kappa shape index (κ2) is 5.82. The van der Waals surface area contributed by atoms with Crippen molar-refractivity contribution in [2.24, 2.45) is 0 Å². The molecule has 0 saturated heterocycles. The monoisotopic (exact) mass is 308 g/mol. The molecule has 0 aromatic carbocycles. The molecule has 0 saturated carbocycles. The number of aryl methyl sites for hydroxylation is 3. The molecule has 0 atom stereocenters. The van der Waals surface area contributed by atoms with Crippen molar-refractivity contribution in [3.63, 3.8) is 0 Å². The van der Waals surface area contributed by atoms with E-state index in [1.54, 1.807) is 11.8 Å². The summed E-state index contributed by atoms with van der Waals surface area (Å²) in [5, 5.41) is 10.1. The summed E-state index contributed by atoms with van der Waals surface area (Å²) in [6.45, 7) is 5.95. The second-order valence-corrected chi connectivity index (χ2v) is 6.28. The minimum absolute atomic E-state index is 0.663. The molecule has 0 amide bonds. The standard InChI is InChI=1S/C17H16N4S/c1-11-5-4-6-21-9-14(20-16(11)21)10-22-17-15(8-18)12(2)7-13(3)19-17/h4-7,9H,10H2,1-3H3. The molecule has 3 rings (SSSR count). The molecule has 0 aliphatic heterocycles. The number of hydrogen-bond acceptors (Lipinski definition) is 4. The van der Waals surface area contributed by atoms with Crippen LogP contribution in [0.1, 0.15) is 28.1 Å². The Kier molecular flexibility index (Phi) is 3.86. The van der Waals surface area contributed by atoms with E-state index >= 15 is 0 Å². The first-order chi connectivity index (χ1) is 10.6. The lowest BCUT2D eigenvalue weighted by molar-refractivity contribution is 1.03. The van der Waals surface area contributed by atoms with Crippen LogP contribution in [-0.4, -0.2) is 14.4 Å². The van der Waals surface area contributed by atoms with E-state index in [2.05, 4.69) is 29.0 Å². The van der Waals surface area contributed by atoms with Crippen LogP contribution in [0.3, 0.4) is 0 Å². The van der Waals surface area contributed by atoms with Gasteiger partial charge in [0.2, 0.25) is 0 Å². The van der Waals surface area contributed by atoms with E-state index in [9.17, 15) is 5.26 Å². The number of fused-ring (bicyclic) bond motifs is 1. The highest BCUT2D eigenvalue weighted by Gasteiger charge is 2.11. The van der Waals surface area contributed by atoms with Crippen LogP contribution in [0.5, 0.6) is 0 Å². The van der Waals surface area contributed by atoms with Crippen LogP contribution in [0.15, 0.2) is 35.6 Å². The van der Waals surface area contributed by atoms with E-state index in [4.69, 9.17) is 0 Å². The molecule has 0 N–H and O–H groups in total. The lowest BCUT2D eigenvalue weighted by Gasteiger charge is -2.06. The minimum Gasteiger partial charge on any atom is -0.307 e. The molecule has 4 nitrogen and oxygen atoms in total. The minimum atomic E-state index is 0.663. The van der Waals surface area contributed by atoms with Crippen molar-refractivity contribution in [3.05, 3.63) is 58.7 Å². The van der Waals surface area contributed by atoms with E-state index in [1.165, 1.54) is 0 Å². The number of thioether (sulfide) groups is 1. The maximum Gasteiger partial charge on any atom is 0.139 e. The summed E-state index contributed by atoms with van der Waals surface area (Å²) in [5.41, 5.74) is 5.70. The normalized spacial score (nSPS) is 10.8. The maximum absolute atomic E-state index is 9.32. The number of nitrogens with zero attached hydrogens (tertiary/aromatic N) is 4. The molecule has 3 heterocycles. The first-order valence-electron chi connectivity index (χ1n) is 7.03. The summed E-state index contributed by atoms with van der Waals surface area (Å²) >= 11 is 1.56. The molecule has 0 fully saturated rings. The number of pyridine rings is 2. The third-order valence-corrected chi connectivity index (χ3v) is 4.52. The number of nitriles is 1. The smallest absolute Gasteiger partial charge is 0.139 e. The van der Waals surface area contributed by atoms with Gasteiger partial charge < -0.3 is 4.40 Å². The zero-order chi connectivity index (χ0) is 15.7. The third-order valence-electron chi connectivity index (χ3n) is 3.51. The highest BCUT2D eigenvalue weighted by molar-refractivity contribution is 7.98. The van der Waals surface area contributed by atoms with Crippen LogP contribution in [0.2, 0.25) is 0 Å². The predicted octanol–water partition coefficient (Wildman–Crippen LogP) is 3.82. The second-order valence-electron chi connectivity index (χ2n) is 5.32. The van der Waals surface area contributed by atoms with Crippen LogP contribution in [0.4, 0.5) is 0 Å². The van der Waals surface area contributed by atoms with Crippen molar-refractivity contribution in [1.82, 2.24) is 14.4 Å². The fourth-order valence-electron chi connectivity index (χ4n) is 2.46. The Morgan fingerprint density at radius 2 is 2.05 bits per heavy atom.